The fourth-order valence-electron chi connectivity index (χ4n) is 10.8. The van der Waals surface area contributed by atoms with Crippen LogP contribution in [-0.2, 0) is 5.41 Å². The quantitative estimate of drug-likeness (QED) is 0.170. The molecule has 11 rings (SSSR count). The molecule has 4 saturated carbocycles. The molecule has 4 fully saturated rings. The third kappa shape index (κ3) is 5.51. The largest absolute Gasteiger partial charge is 0.310 e. The molecule has 0 radical (unpaired) electrons. The van der Waals surface area contributed by atoms with Gasteiger partial charge in [-0.15, -0.1) is 0 Å². The summed E-state index contributed by atoms with van der Waals surface area (Å²) in [5.74, 6) is 3.27. The van der Waals surface area contributed by atoms with E-state index in [9.17, 15) is 0 Å². The maximum atomic E-state index is 2.52. The second-order valence-electron chi connectivity index (χ2n) is 17.2. The lowest BCUT2D eigenvalue weighted by Gasteiger charge is -2.42. The normalized spacial score (nSPS) is 21.9. The summed E-state index contributed by atoms with van der Waals surface area (Å²) in [4.78, 5) is 2.52. The highest BCUT2D eigenvalue weighted by Crippen LogP contribution is 2.53. The lowest BCUT2D eigenvalue weighted by atomic mass is 9.63. The molecule has 0 saturated heterocycles. The number of rotatable bonds is 6. The lowest BCUT2D eigenvalue weighted by Crippen LogP contribution is -2.29. The van der Waals surface area contributed by atoms with Crippen molar-refractivity contribution in [2.24, 2.45) is 11.8 Å². The van der Waals surface area contributed by atoms with Gasteiger partial charge in [-0.1, -0.05) is 125 Å². The molecule has 0 spiro atoms. The number of fused-ring (bicyclic) bond motifs is 7. The minimum Gasteiger partial charge on any atom is -0.310 e. The van der Waals surface area contributed by atoms with E-state index in [4.69, 9.17) is 0 Å². The third-order valence-corrected chi connectivity index (χ3v) is 13.9. The van der Waals surface area contributed by atoms with E-state index in [-0.39, 0.29) is 5.41 Å². The summed E-state index contributed by atoms with van der Waals surface area (Å²) < 4.78 is 0. The van der Waals surface area contributed by atoms with E-state index in [2.05, 4.69) is 146 Å². The van der Waals surface area contributed by atoms with Crippen LogP contribution < -0.4 is 4.90 Å². The van der Waals surface area contributed by atoms with E-state index >= 15 is 0 Å². The molecule has 1 atom stereocenters. The Morgan fingerprint density at radius 2 is 1.10 bits per heavy atom. The molecule has 6 aromatic carbocycles. The summed E-state index contributed by atoms with van der Waals surface area (Å²) in [6, 6.07) is 49.3. The summed E-state index contributed by atoms with van der Waals surface area (Å²) in [7, 11) is 0. The van der Waals surface area contributed by atoms with E-state index in [0.29, 0.717) is 5.92 Å². The molecule has 2 bridgehead atoms. The third-order valence-electron chi connectivity index (χ3n) is 13.9. The smallest absolute Gasteiger partial charge is 0.0465 e. The van der Waals surface area contributed by atoms with Crippen molar-refractivity contribution in [3.63, 3.8) is 0 Å². The van der Waals surface area contributed by atoms with Crippen LogP contribution in [0, 0.1) is 11.8 Å². The summed E-state index contributed by atoms with van der Waals surface area (Å²) >= 11 is 0. The van der Waals surface area contributed by atoms with Gasteiger partial charge in [-0.05, 0) is 160 Å². The highest BCUT2D eigenvalue weighted by Gasteiger charge is 2.38. The van der Waals surface area contributed by atoms with Crippen LogP contribution in [0.5, 0.6) is 0 Å². The lowest BCUT2D eigenvalue weighted by molar-refractivity contribution is 0.145. The predicted octanol–water partition coefficient (Wildman–Crippen LogP) is 14.6. The Kier molecular flexibility index (Phi) is 7.89. The minimum absolute atomic E-state index is 0.117. The molecule has 6 aromatic rings. The van der Waals surface area contributed by atoms with Crippen molar-refractivity contribution < 1.29 is 0 Å². The molecule has 1 nitrogen and oxygen atoms in total. The fourth-order valence-corrected chi connectivity index (χ4v) is 10.8. The van der Waals surface area contributed by atoms with Gasteiger partial charge in [-0.2, -0.15) is 0 Å². The minimum atomic E-state index is -0.117. The van der Waals surface area contributed by atoms with Crippen LogP contribution in [0.25, 0.3) is 33.0 Å². The van der Waals surface area contributed by atoms with Gasteiger partial charge >= 0.3 is 0 Å². The molecule has 0 aliphatic heterocycles. The molecule has 0 amide bonds. The molecule has 5 aliphatic carbocycles. The zero-order valence-corrected chi connectivity index (χ0v) is 31.0. The van der Waals surface area contributed by atoms with Crippen molar-refractivity contribution >= 4 is 27.8 Å². The maximum absolute atomic E-state index is 2.52. The first kappa shape index (κ1) is 32.1. The molecule has 0 N–H and O–H groups in total. The van der Waals surface area contributed by atoms with Crippen LogP contribution in [0.15, 0.2) is 127 Å². The number of benzene rings is 6. The van der Waals surface area contributed by atoms with Crippen LogP contribution in [-0.4, -0.2) is 0 Å². The molecule has 1 heteroatoms. The van der Waals surface area contributed by atoms with Gasteiger partial charge in [0.15, 0.2) is 0 Å². The Hall–Kier alpha value is -4.62. The summed E-state index contributed by atoms with van der Waals surface area (Å²) in [6.45, 7) is 4.84. The first-order valence-electron chi connectivity index (χ1n) is 20.3. The van der Waals surface area contributed by atoms with Crippen molar-refractivity contribution in [1.82, 2.24) is 0 Å². The SMILES string of the molecule is CC1(C)c2cc(-c3ccc4ccccc4c3)ccc2-c2ccc(N(c3ccc(C4CCCCC4)cc3)c3ccc(C4CC5CCC4CC5)cc3)cc21. The molecule has 52 heavy (non-hydrogen) atoms. The first-order valence-corrected chi connectivity index (χ1v) is 20.3. The Balaban J connectivity index is 1.02. The van der Waals surface area contributed by atoms with Gasteiger partial charge in [0, 0.05) is 22.5 Å². The summed E-state index contributed by atoms with van der Waals surface area (Å²) in [5.41, 5.74) is 14.8. The van der Waals surface area contributed by atoms with Crippen LogP contribution >= 0.6 is 0 Å². The fraction of sp³-hybridized carbons (Fsp3) is 0.333. The van der Waals surface area contributed by atoms with Crippen molar-refractivity contribution in [3.05, 3.63) is 150 Å². The van der Waals surface area contributed by atoms with Crippen LogP contribution in [0.2, 0.25) is 0 Å². The highest BCUT2D eigenvalue weighted by molar-refractivity contribution is 5.90. The standard InChI is InChI=1S/C51H51N/c1-51(2)49-32-42(41-17-16-36-10-6-7-11-40(36)31-41)22-28-46(49)47-29-27-45(33-50(47)51)52(43-23-18-37(19-24-43)35-8-4-3-5-9-35)44-25-20-39(21-26-44)48-30-34-12-14-38(48)15-13-34/h6-7,10-11,16-29,31-35,38,48H,3-5,8-9,12-15,30H2,1-2H3. The zero-order valence-electron chi connectivity index (χ0n) is 31.0. The maximum Gasteiger partial charge on any atom is 0.0465 e. The average molecular weight is 678 g/mol. The van der Waals surface area contributed by atoms with Gasteiger partial charge in [-0.25, -0.2) is 0 Å². The summed E-state index contributed by atoms with van der Waals surface area (Å²) in [5, 5.41) is 2.58. The van der Waals surface area contributed by atoms with Gasteiger partial charge in [0.1, 0.15) is 0 Å². The van der Waals surface area contributed by atoms with Gasteiger partial charge < -0.3 is 4.90 Å². The highest BCUT2D eigenvalue weighted by atomic mass is 15.1. The molecule has 0 heterocycles. The Morgan fingerprint density at radius 1 is 0.500 bits per heavy atom. The van der Waals surface area contributed by atoms with Crippen LogP contribution in [0.3, 0.4) is 0 Å². The number of anilines is 3. The molecule has 5 aliphatic rings. The van der Waals surface area contributed by atoms with E-state index in [1.54, 1.807) is 5.56 Å². The monoisotopic (exact) mass is 677 g/mol. The van der Waals surface area contributed by atoms with Crippen molar-refractivity contribution in [3.8, 4) is 22.3 Å². The van der Waals surface area contributed by atoms with Gasteiger partial charge in [0.2, 0.25) is 0 Å². The second kappa shape index (κ2) is 12.8. The average Bonchev–Trinajstić information content (AvgIpc) is 3.44. The van der Waals surface area contributed by atoms with E-state index < -0.39 is 0 Å². The van der Waals surface area contributed by atoms with Crippen molar-refractivity contribution in [2.75, 3.05) is 4.90 Å². The van der Waals surface area contributed by atoms with Crippen LogP contribution in [0.4, 0.5) is 17.1 Å². The molecular formula is C51H51N. The topological polar surface area (TPSA) is 3.24 Å². The Bertz CT molecular complexity index is 2240. The summed E-state index contributed by atoms with van der Waals surface area (Å²) in [6.07, 6.45) is 13.9. The Morgan fingerprint density at radius 3 is 1.79 bits per heavy atom. The van der Waals surface area contributed by atoms with E-state index in [1.807, 2.05) is 0 Å². The first-order chi connectivity index (χ1) is 25.5. The molecule has 0 aromatic heterocycles. The van der Waals surface area contributed by atoms with E-state index in [0.717, 1.165) is 17.8 Å². The zero-order chi connectivity index (χ0) is 34.8. The Labute approximate surface area is 310 Å². The van der Waals surface area contributed by atoms with Gasteiger partial charge in [0.25, 0.3) is 0 Å². The van der Waals surface area contributed by atoms with E-state index in [1.165, 1.54) is 131 Å². The van der Waals surface area contributed by atoms with Gasteiger partial charge in [0.05, 0.1) is 0 Å². The van der Waals surface area contributed by atoms with Crippen molar-refractivity contribution in [2.45, 2.75) is 95.3 Å². The molecular weight excluding hydrogens is 627 g/mol. The number of hydrogen-bond donors (Lipinski definition) is 0. The molecule has 1 unspecified atom stereocenters. The number of nitrogens with zero attached hydrogens (tertiary/aromatic N) is 1. The van der Waals surface area contributed by atoms with Gasteiger partial charge in [-0.3, -0.25) is 0 Å². The van der Waals surface area contributed by atoms with Crippen molar-refractivity contribution in [1.29, 1.82) is 0 Å². The number of hydrogen-bond acceptors (Lipinski definition) is 1. The second-order valence-corrected chi connectivity index (χ2v) is 17.2. The molecule has 260 valence electrons. The van der Waals surface area contributed by atoms with Crippen LogP contribution in [0.1, 0.15) is 112 Å². The predicted molar refractivity (Wildman–Crippen MR) is 220 cm³/mol.